The molecule has 88 valence electrons. The molecule has 0 amide bonds. The number of aliphatic carboxylic acids is 1. The molecule has 0 bridgehead atoms. The third-order valence-corrected chi connectivity index (χ3v) is 2.29. The number of methoxy groups -OCH3 is 1. The summed E-state index contributed by atoms with van der Waals surface area (Å²) in [6.07, 6.45) is -1.24. The van der Waals surface area contributed by atoms with Gasteiger partial charge in [0.1, 0.15) is 5.75 Å². The van der Waals surface area contributed by atoms with E-state index in [4.69, 9.17) is 15.6 Å². The van der Waals surface area contributed by atoms with E-state index in [1.807, 2.05) is 0 Å². The van der Waals surface area contributed by atoms with Crippen molar-refractivity contribution in [1.29, 1.82) is 0 Å². The molecule has 0 radical (unpaired) electrons. The van der Waals surface area contributed by atoms with Gasteiger partial charge in [0.2, 0.25) is 0 Å². The van der Waals surface area contributed by atoms with Gasteiger partial charge in [0.05, 0.1) is 7.11 Å². The number of carboxylic acid groups (broad SMARTS) is 1. The van der Waals surface area contributed by atoms with Crippen molar-refractivity contribution in [2.24, 2.45) is 5.73 Å². The fourth-order valence-corrected chi connectivity index (χ4v) is 1.33. The van der Waals surface area contributed by atoms with E-state index in [-0.39, 0.29) is 0 Å². The van der Waals surface area contributed by atoms with Gasteiger partial charge in [-0.1, -0.05) is 12.1 Å². The summed E-state index contributed by atoms with van der Waals surface area (Å²) in [6, 6.07) is 6.27. The highest BCUT2D eigenvalue weighted by atomic mass is 16.5. The largest absolute Gasteiger partial charge is 0.497 e. The standard InChI is InChI=1S/C11H15NO4/c1-16-8-4-2-7(3-5-8)6-9(12)10(13)11(14)15/h2-5,9-10,13H,6,12H2,1H3,(H,14,15)/t9-,10-/m0/s1. The smallest absolute Gasteiger partial charge is 0.334 e. The van der Waals surface area contributed by atoms with Crippen molar-refractivity contribution < 1.29 is 19.7 Å². The van der Waals surface area contributed by atoms with Crippen LogP contribution in [0.1, 0.15) is 5.56 Å². The number of benzene rings is 1. The van der Waals surface area contributed by atoms with Crippen molar-refractivity contribution in [1.82, 2.24) is 0 Å². The highest BCUT2D eigenvalue weighted by Crippen LogP contribution is 2.13. The van der Waals surface area contributed by atoms with Gasteiger partial charge < -0.3 is 20.7 Å². The van der Waals surface area contributed by atoms with Crippen LogP contribution in [0.3, 0.4) is 0 Å². The highest BCUT2D eigenvalue weighted by Gasteiger charge is 2.22. The quantitative estimate of drug-likeness (QED) is 0.656. The predicted molar refractivity (Wildman–Crippen MR) is 58.3 cm³/mol. The van der Waals surface area contributed by atoms with Gasteiger partial charge in [0, 0.05) is 6.04 Å². The van der Waals surface area contributed by atoms with Crippen LogP contribution >= 0.6 is 0 Å². The van der Waals surface area contributed by atoms with Gasteiger partial charge >= 0.3 is 5.97 Å². The third-order valence-electron chi connectivity index (χ3n) is 2.29. The van der Waals surface area contributed by atoms with Gasteiger partial charge in [0.15, 0.2) is 6.10 Å². The summed E-state index contributed by atoms with van der Waals surface area (Å²) in [4.78, 5) is 10.5. The topological polar surface area (TPSA) is 92.8 Å². The minimum Gasteiger partial charge on any atom is -0.497 e. The third kappa shape index (κ3) is 3.22. The van der Waals surface area contributed by atoms with Crippen LogP contribution in [0.4, 0.5) is 0 Å². The van der Waals surface area contributed by atoms with Crippen molar-refractivity contribution in [2.45, 2.75) is 18.6 Å². The maximum absolute atomic E-state index is 10.5. The van der Waals surface area contributed by atoms with E-state index in [0.29, 0.717) is 6.42 Å². The number of hydrogen-bond donors (Lipinski definition) is 3. The molecule has 16 heavy (non-hydrogen) atoms. The summed E-state index contributed by atoms with van der Waals surface area (Å²) in [7, 11) is 1.56. The zero-order chi connectivity index (χ0) is 12.1. The summed E-state index contributed by atoms with van der Waals surface area (Å²) < 4.78 is 4.99. The van der Waals surface area contributed by atoms with Crippen molar-refractivity contribution in [3.05, 3.63) is 29.8 Å². The Bertz CT molecular complexity index is 350. The van der Waals surface area contributed by atoms with Crippen molar-refractivity contribution in [2.75, 3.05) is 7.11 Å². The van der Waals surface area contributed by atoms with E-state index < -0.39 is 18.1 Å². The molecule has 1 aromatic rings. The summed E-state index contributed by atoms with van der Waals surface area (Å²) in [6.45, 7) is 0. The van der Waals surface area contributed by atoms with Crippen molar-refractivity contribution in [3.63, 3.8) is 0 Å². The molecule has 1 rings (SSSR count). The number of aliphatic hydroxyl groups excluding tert-OH is 1. The molecular weight excluding hydrogens is 210 g/mol. The van der Waals surface area contributed by atoms with Crippen LogP contribution in [-0.2, 0) is 11.2 Å². The van der Waals surface area contributed by atoms with Gasteiger partial charge in [-0.25, -0.2) is 4.79 Å². The molecule has 0 heterocycles. The molecular formula is C11H15NO4. The summed E-state index contributed by atoms with van der Waals surface area (Å²) in [5.41, 5.74) is 6.41. The van der Waals surface area contributed by atoms with E-state index >= 15 is 0 Å². The van der Waals surface area contributed by atoms with Gasteiger partial charge in [-0.2, -0.15) is 0 Å². The molecule has 5 heteroatoms. The van der Waals surface area contributed by atoms with Gasteiger partial charge in [-0.05, 0) is 24.1 Å². The van der Waals surface area contributed by atoms with Crippen LogP contribution in [0.5, 0.6) is 5.75 Å². The van der Waals surface area contributed by atoms with Crippen LogP contribution in [0.2, 0.25) is 0 Å². The maximum atomic E-state index is 10.5. The highest BCUT2D eigenvalue weighted by molar-refractivity contribution is 5.72. The Labute approximate surface area is 93.5 Å². The molecule has 1 aromatic carbocycles. The molecule has 0 spiro atoms. The molecule has 0 aliphatic heterocycles. The average Bonchev–Trinajstić information content (AvgIpc) is 2.28. The monoisotopic (exact) mass is 225 g/mol. The first-order valence-electron chi connectivity index (χ1n) is 4.84. The van der Waals surface area contributed by atoms with Crippen LogP contribution in [0.15, 0.2) is 24.3 Å². The fourth-order valence-electron chi connectivity index (χ4n) is 1.33. The van der Waals surface area contributed by atoms with E-state index in [1.54, 1.807) is 31.4 Å². The normalized spacial score (nSPS) is 14.2. The second-order valence-corrected chi connectivity index (χ2v) is 3.50. The Morgan fingerprint density at radius 1 is 1.44 bits per heavy atom. The number of rotatable bonds is 5. The molecule has 0 fully saturated rings. The average molecular weight is 225 g/mol. The number of carboxylic acids is 1. The minimum absolute atomic E-state index is 0.303. The predicted octanol–water partition coefficient (Wildman–Crippen LogP) is 0.0105. The molecule has 0 unspecified atom stereocenters. The second-order valence-electron chi connectivity index (χ2n) is 3.50. The van der Waals surface area contributed by atoms with Crippen LogP contribution in [-0.4, -0.2) is 35.4 Å². The molecule has 0 aliphatic rings. The van der Waals surface area contributed by atoms with E-state index in [1.165, 1.54) is 0 Å². The lowest BCUT2D eigenvalue weighted by Gasteiger charge is -2.14. The van der Waals surface area contributed by atoms with E-state index in [9.17, 15) is 9.90 Å². The Morgan fingerprint density at radius 2 is 2.00 bits per heavy atom. The molecule has 4 N–H and O–H groups in total. The molecule has 2 atom stereocenters. The number of nitrogens with two attached hydrogens (primary N) is 1. The molecule has 0 aromatic heterocycles. The number of carbonyl (C=O) groups is 1. The zero-order valence-electron chi connectivity index (χ0n) is 8.96. The van der Waals surface area contributed by atoms with Crippen LogP contribution < -0.4 is 10.5 Å². The first kappa shape index (κ1) is 12.5. The van der Waals surface area contributed by atoms with Crippen molar-refractivity contribution in [3.8, 4) is 5.75 Å². The lowest BCUT2D eigenvalue weighted by molar-refractivity contribution is -0.147. The van der Waals surface area contributed by atoms with Gasteiger partial charge in [0.25, 0.3) is 0 Å². The lowest BCUT2D eigenvalue weighted by atomic mass is 10.0. The first-order valence-corrected chi connectivity index (χ1v) is 4.84. The number of hydrogen-bond acceptors (Lipinski definition) is 4. The van der Waals surface area contributed by atoms with E-state index in [0.717, 1.165) is 11.3 Å². The fraction of sp³-hybridized carbons (Fsp3) is 0.364. The number of ether oxygens (including phenoxy) is 1. The summed E-state index contributed by atoms with van der Waals surface area (Å²) in [5, 5.41) is 17.8. The number of aliphatic hydroxyl groups is 1. The van der Waals surface area contributed by atoms with E-state index in [2.05, 4.69) is 0 Å². The van der Waals surface area contributed by atoms with Crippen LogP contribution in [0, 0.1) is 0 Å². The SMILES string of the molecule is COc1ccc(C[C@H](N)[C@H](O)C(=O)O)cc1. The zero-order valence-corrected chi connectivity index (χ0v) is 8.96. The van der Waals surface area contributed by atoms with Gasteiger partial charge in [-0.3, -0.25) is 0 Å². The molecule has 0 aliphatic carbocycles. The lowest BCUT2D eigenvalue weighted by Crippen LogP contribution is -2.41. The second kappa shape index (κ2) is 5.48. The van der Waals surface area contributed by atoms with Crippen molar-refractivity contribution >= 4 is 5.97 Å². The van der Waals surface area contributed by atoms with Crippen LogP contribution in [0.25, 0.3) is 0 Å². The Balaban J connectivity index is 2.62. The molecule has 5 nitrogen and oxygen atoms in total. The Morgan fingerprint density at radius 3 is 2.44 bits per heavy atom. The maximum Gasteiger partial charge on any atom is 0.334 e. The van der Waals surface area contributed by atoms with Gasteiger partial charge in [-0.15, -0.1) is 0 Å². The summed E-state index contributed by atoms with van der Waals surface area (Å²) in [5.74, 6) is -0.586. The Hall–Kier alpha value is -1.59. The molecule has 0 saturated heterocycles. The summed E-state index contributed by atoms with van der Waals surface area (Å²) >= 11 is 0. The molecule has 0 saturated carbocycles. The Kier molecular flexibility index (Phi) is 4.28. The first-order chi connectivity index (χ1) is 7.54. The minimum atomic E-state index is -1.54.